The van der Waals surface area contributed by atoms with Gasteiger partial charge in [-0.25, -0.2) is 5.06 Å². The number of carbonyl (C=O) groups is 1. The predicted octanol–water partition coefficient (Wildman–Crippen LogP) is 1.78. The molecule has 0 heterocycles. The Bertz CT molecular complexity index is 359. The first-order chi connectivity index (χ1) is 8.46. The van der Waals surface area contributed by atoms with Gasteiger partial charge in [0.2, 0.25) is 6.41 Å². The highest BCUT2D eigenvalue weighted by molar-refractivity contribution is 5.46. The van der Waals surface area contributed by atoms with Crippen LogP contribution in [0, 0.1) is 0 Å². The van der Waals surface area contributed by atoms with Crippen LogP contribution in [0.5, 0.6) is 0 Å². The van der Waals surface area contributed by atoms with Crippen LogP contribution in [0.1, 0.15) is 26.3 Å². The SMILES string of the molecule is CC(C)(C)ON(C=O)C(CO)Cc1ccccc1. The molecule has 1 aromatic rings. The summed E-state index contributed by atoms with van der Waals surface area (Å²) >= 11 is 0. The average molecular weight is 251 g/mol. The summed E-state index contributed by atoms with van der Waals surface area (Å²) in [6, 6.07) is 9.34. The minimum Gasteiger partial charge on any atom is -0.394 e. The Morgan fingerprint density at radius 3 is 2.39 bits per heavy atom. The van der Waals surface area contributed by atoms with Gasteiger partial charge in [-0.1, -0.05) is 30.3 Å². The van der Waals surface area contributed by atoms with E-state index < -0.39 is 5.60 Å². The molecule has 4 nitrogen and oxygen atoms in total. The smallest absolute Gasteiger partial charge is 0.233 e. The number of hydrogen-bond donors (Lipinski definition) is 1. The van der Waals surface area contributed by atoms with E-state index in [4.69, 9.17) is 4.84 Å². The molecule has 0 radical (unpaired) electrons. The van der Waals surface area contributed by atoms with Gasteiger partial charge < -0.3 is 5.11 Å². The molecule has 0 fully saturated rings. The first-order valence-corrected chi connectivity index (χ1v) is 6.04. The average Bonchev–Trinajstić information content (AvgIpc) is 2.33. The lowest BCUT2D eigenvalue weighted by Gasteiger charge is -2.32. The number of hydroxylamine groups is 2. The van der Waals surface area contributed by atoms with Gasteiger partial charge in [0.1, 0.15) is 0 Å². The summed E-state index contributed by atoms with van der Waals surface area (Å²) < 4.78 is 0. The third-order valence-electron chi connectivity index (χ3n) is 2.37. The molecule has 1 amide bonds. The minimum atomic E-state index is -0.467. The molecule has 0 saturated heterocycles. The second-order valence-electron chi connectivity index (χ2n) is 5.20. The van der Waals surface area contributed by atoms with E-state index in [1.165, 1.54) is 5.06 Å². The number of carbonyl (C=O) groups excluding carboxylic acids is 1. The van der Waals surface area contributed by atoms with E-state index in [0.717, 1.165) is 5.56 Å². The number of nitrogens with zero attached hydrogens (tertiary/aromatic N) is 1. The lowest BCUT2D eigenvalue weighted by atomic mass is 10.1. The molecule has 0 aliphatic heterocycles. The van der Waals surface area contributed by atoms with Crippen molar-refractivity contribution in [3.63, 3.8) is 0 Å². The zero-order valence-electron chi connectivity index (χ0n) is 11.2. The van der Waals surface area contributed by atoms with E-state index in [0.29, 0.717) is 12.8 Å². The first kappa shape index (κ1) is 14.7. The number of hydrogen-bond acceptors (Lipinski definition) is 3. The van der Waals surface area contributed by atoms with Crippen LogP contribution in [0.4, 0.5) is 0 Å². The molecule has 0 bridgehead atoms. The van der Waals surface area contributed by atoms with Crippen LogP contribution >= 0.6 is 0 Å². The summed E-state index contributed by atoms with van der Waals surface area (Å²) in [6.45, 7) is 5.45. The predicted molar refractivity (Wildman–Crippen MR) is 69.8 cm³/mol. The maximum absolute atomic E-state index is 11.1. The van der Waals surface area contributed by atoms with Gasteiger partial charge >= 0.3 is 0 Å². The largest absolute Gasteiger partial charge is 0.394 e. The number of aliphatic hydroxyl groups excluding tert-OH is 1. The minimum absolute atomic E-state index is 0.135. The summed E-state index contributed by atoms with van der Waals surface area (Å²) in [7, 11) is 0. The van der Waals surface area contributed by atoms with Crippen molar-refractivity contribution in [1.82, 2.24) is 5.06 Å². The Morgan fingerprint density at radius 1 is 1.33 bits per heavy atom. The zero-order chi connectivity index (χ0) is 13.6. The molecule has 1 atom stereocenters. The molecule has 18 heavy (non-hydrogen) atoms. The molecule has 0 aromatic heterocycles. The standard InChI is InChI=1S/C14H21NO3/c1-14(2,3)18-15(11-17)13(10-16)9-12-7-5-4-6-8-12/h4-8,11,13,16H,9-10H2,1-3H3. The fraction of sp³-hybridized carbons (Fsp3) is 0.500. The Balaban J connectivity index is 2.72. The second-order valence-corrected chi connectivity index (χ2v) is 5.20. The van der Waals surface area contributed by atoms with Crippen LogP contribution in [0.25, 0.3) is 0 Å². The quantitative estimate of drug-likeness (QED) is 0.619. The molecule has 100 valence electrons. The summed E-state index contributed by atoms with van der Waals surface area (Å²) in [4.78, 5) is 16.6. The van der Waals surface area contributed by atoms with Crippen molar-refractivity contribution in [3.8, 4) is 0 Å². The van der Waals surface area contributed by atoms with E-state index in [1.807, 2.05) is 51.1 Å². The topological polar surface area (TPSA) is 49.8 Å². The lowest BCUT2D eigenvalue weighted by Crippen LogP contribution is -2.43. The Kier molecular flexibility index (Phi) is 5.31. The number of benzene rings is 1. The molecule has 1 aromatic carbocycles. The molecular formula is C14H21NO3. The molecule has 0 spiro atoms. The van der Waals surface area contributed by atoms with E-state index in [9.17, 15) is 9.90 Å². The lowest BCUT2D eigenvalue weighted by molar-refractivity contribution is -0.235. The molecule has 0 aliphatic rings. The number of aliphatic hydroxyl groups is 1. The van der Waals surface area contributed by atoms with Crippen LogP contribution in [0.15, 0.2) is 30.3 Å². The van der Waals surface area contributed by atoms with Gasteiger partial charge in [0.25, 0.3) is 0 Å². The van der Waals surface area contributed by atoms with E-state index >= 15 is 0 Å². The fourth-order valence-electron chi connectivity index (χ4n) is 1.62. The fourth-order valence-corrected chi connectivity index (χ4v) is 1.62. The summed E-state index contributed by atoms with van der Waals surface area (Å²) in [5.41, 5.74) is 0.589. The monoisotopic (exact) mass is 251 g/mol. The van der Waals surface area contributed by atoms with Crippen LogP contribution in [0.3, 0.4) is 0 Å². The van der Waals surface area contributed by atoms with Crippen molar-refractivity contribution in [1.29, 1.82) is 0 Å². The Morgan fingerprint density at radius 2 is 1.94 bits per heavy atom. The molecule has 4 heteroatoms. The van der Waals surface area contributed by atoms with Crippen LogP contribution in [0.2, 0.25) is 0 Å². The Labute approximate surface area is 108 Å². The Hall–Kier alpha value is -1.39. The highest BCUT2D eigenvalue weighted by Crippen LogP contribution is 2.14. The van der Waals surface area contributed by atoms with Gasteiger partial charge in [-0.2, -0.15) is 0 Å². The highest BCUT2D eigenvalue weighted by atomic mass is 16.7. The molecule has 1 rings (SSSR count). The van der Waals surface area contributed by atoms with Crippen LogP contribution in [-0.2, 0) is 16.1 Å². The maximum atomic E-state index is 11.1. The van der Waals surface area contributed by atoms with E-state index in [-0.39, 0.29) is 12.6 Å². The first-order valence-electron chi connectivity index (χ1n) is 6.04. The molecule has 1 N–H and O–H groups in total. The number of amides is 1. The summed E-state index contributed by atoms with van der Waals surface area (Å²) in [5, 5.41) is 10.6. The zero-order valence-corrected chi connectivity index (χ0v) is 11.2. The third-order valence-corrected chi connectivity index (χ3v) is 2.37. The van der Waals surface area contributed by atoms with Crippen LogP contribution in [-0.4, -0.2) is 34.8 Å². The third kappa shape index (κ3) is 4.85. The van der Waals surface area contributed by atoms with E-state index in [2.05, 4.69) is 0 Å². The van der Waals surface area contributed by atoms with Crippen LogP contribution < -0.4 is 0 Å². The summed E-state index contributed by atoms with van der Waals surface area (Å²) in [5.74, 6) is 0. The summed E-state index contributed by atoms with van der Waals surface area (Å²) in [6.07, 6.45) is 1.18. The maximum Gasteiger partial charge on any atom is 0.233 e. The van der Waals surface area contributed by atoms with Crippen molar-refractivity contribution < 1.29 is 14.7 Å². The molecule has 0 saturated carbocycles. The molecule has 1 unspecified atom stereocenters. The molecule has 0 aliphatic carbocycles. The van der Waals surface area contributed by atoms with E-state index in [1.54, 1.807) is 0 Å². The van der Waals surface area contributed by atoms with Crippen molar-refractivity contribution in [2.24, 2.45) is 0 Å². The highest BCUT2D eigenvalue weighted by Gasteiger charge is 2.23. The van der Waals surface area contributed by atoms with Crippen molar-refractivity contribution in [3.05, 3.63) is 35.9 Å². The molecular weight excluding hydrogens is 230 g/mol. The van der Waals surface area contributed by atoms with Gasteiger partial charge in [0, 0.05) is 0 Å². The second kappa shape index (κ2) is 6.52. The van der Waals surface area contributed by atoms with Crippen molar-refractivity contribution in [2.75, 3.05) is 6.61 Å². The van der Waals surface area contributed by atoms with Gasteiger partial charge in [0.05, 0.1) is 18.2 Å². The number of rotatable bonds is 6. The van der Waals surface area contributed by atoms with Crippen molar-refractivity contribution >= 4 is 6.41 Å². The van der Waals surface area contributed by atoms with Gasteiger partial charge in [-0.15, -0.1) is 0 Å². The van der Waals surface area contributed by atoms with Gasteiger partial charge in [0.15, 0.2) is 0 Å². The van der Waals surface area contributed by atoms with Gasteiger partial charge in [-0.3, -0.25) is 9.63 Å². The van der Waals surface area contributed by atoms with Crippen molar-refractivity contribution in [2.45, 2.75) is 38.8 Å². The normalized spacial score (nSPS) is 13.1. The van der Waals surface area contributed by atoms with Gasteiger partial charge in [-0.05, 0) is 32.8 Å².